The molecule has 0 amide bonds. The normalized spacial score (nSPS) is 16.2. The number of β-amino-alcohol motifs (C(OH)–C–C–N with tert-alkyl or cyclic N) is 1. The van der Waals surface area contributed by atoms with Gasteiger partial charge >= 0.3 is 6.18 Å². The number of aromatic nitrogens is 2. The van der Waals surface area contributed by atoms with Gasteiger partial charge in [0.1, 0.15) is 11.6 Å². The summed E-state index contributed by atoms with van der Waals surface area (Å²) in [7, 11) is 0. The topological polar surface area (TPSA) is 97.8 Å². The molecule has 3 aromatic rings. The lowest BCUT2D eigenvalue weighted by Gasteiger charge is -2.34. The average Bonchev–Trinajstić information content (AvgIpc) is 3.44. The molecule has 0 aliphatic carbocycles. The van der Waals surface area contributed by atoms with Gasteiger partial charge in [-0.2, -0.15) is 18.3 Å². The smallest absolute Gasteiger partial charge is 0.415 e. The van der Waals surface area contributed by atoms with Crippen molar-refractivity contribution in [2.75, 3.05) is 30.3 Å². The van der Waals surface area contributed by atoms with Gasteiger partial charge in [-0.05, 0) is 114 Å². The van der Waals surface area contributed by atoms with E-state index in [1.165, 1.54) is 0 Å². The van der Waals surface area contributed by atoms with Gasteiger partial charge in [-0.3, -0.25) is 5.10 Å². The maximum absolute atomic E-state index is 12.9. The van der Waals surface area contributed by atoms with Crippen LogP contribution in [-0.4, -0.2) is 64.1 Å². The van der Waals surface area contributed by atoms with Crippen LogP contribution in [0.15, 0.2) is 60.1 Å². The first-order chi connectivity index (χ1) is 23.7. The third-order valence-electron chi connectivity index (χ3n) is 9.24. The summed E-state index contributed by atoms with van der Waals surface area (Å²) in [4.78, 5) is 6.77. The number of piperidine rings is 1. The van der Waals surface area contributed by atoms with Gasteiger partial charge in [0.2, 0.25) is 0 Å². The first-order valence-corrected chi connectivity index (χ1v) is 17.6. The average molecular weight is 695 g/mol. The summed E-state index contributed by atoms with van der Waals surface area (Å²) in [6.45, 7) is 19.1. The number of amidine groups is 1. The molecule has 50 heavy (non-hydrogen) atoms. The van der Waals surface area contributed by atoms with E-state index in [2.05, 4.69) is 72.5 Å². The van der Waals surface area contributed by atoms with E-state index in [0.29, 0.717) is 43.2 Å². The molecule has 1 aliphatic heterocycles. The molecule has 1 aliphatic rings. The van der Waals surface area contributed by atoms with Gasteiger partial charge in [-0.15, -0.1) is 0 Å². The van der Waals surface area contributed by atoms with Gasteiger partial charge in [-0.1, -0.05) is 50.8 Å². The number of nitrogens with zero attached hydrogens (tertiary/aromatic N) is 3. The van der Waals surface area contributed by atoms with Crippen LogP contribution in [0.2, 0.25) is 0 Å². The number of H-pyrrole nitrogens is 1. The number of benzene rings is 2. The molecular weight excluding hydrogens is 641 g/mol. The molecule has 2 atom stereocenters. The lowest BCUT2D eigenvalue weighted by molar-refractivity contribution is -0.208. The summed E-state index contributed by atoms with van der Waals surface area (Å²) in [5, 5.41) is 24.3. The molecule has 0 bridgehead atoms. The van der Waals surface area contributed by atoms with E-state index in [-0.39, 0.29) is 17.9 Å². The number of nitrogens with one attached hydrogen (secondary N) is 3. The SMILES string of the molecule is C=C(Nc1ccccc1C/C=C/C)c1c(N=C(Nc2cc(C)c(C3CCN(CC(O)C(F)(F)F)CC3)cc2OC(C)C)C(C)CC)n[nH]c1C. The van der Waals surface area contributed by atoms with E-state index in [1.807, 2.05) is 52.0 Å². The number of anilines is 2. The van der Waals surface area contributed by atoms with Crippen LogP contribution in [0.5, 0.6) is 5.75 Å². The van der Waals surface area contributed by atoms with E-state index < -0.39 is 18.8 Å². The number of aryl methyl sites for hydroxylation is 2. The number of allylic oxidation sites excluding steroid dienone is 2. The van der Waals surface area contributed by atoms with Crippen LogP contribution >= 0.6 is 0 Å². The Hall–Kier alpha value is -4.09. The maximum Gasteiger partial charge on any atom is 0.415 e. The van der Waals surface area contributed by atoms with Crippen molar-refractivity contribution in [3.8, 4) is 5.75 Å². The van der Waals surface area contributed by atoms with Crippen LogP contribution in [0.1, 0.15) is 87.7 Å². The first-order valence-electron chi connectivity index (χ1n) is 17.6. The number of aliphatic hydroxyl groups is 1. The minimum absolute atomic E-state index is 0.0610. The summed E-state index contributed by atoms with van der Waals surface area (Å²) in [5.41, 5.74) is 7.43. The Labute approximate surface area is 294 Å². The summed E-state index contributed by atoms with van der Waals surface area (Å²) >= 11 is 0. The van der Waals surface area contributed by atoms with Crippen LogP contribution in [0.4, 0.5) is 30.4 Å². The number of aliphatic hydroxyl groups excluding tert-OH is 1. The van der Waals surface area contributed by atoms with Crippen LogP contribution in [0, 0.1) is 19.8 Å². The zero-order chi connectivity index (χ0) is 36.6. The van der Waals surface area contributed by atoms with Crippen molar-refractivity contribution < 1.29 is 23.0 Å². The number of rotatable bonds is 14. The Balaban J connectivity index is 1.61. The summed E-state index contributed by atoms with van der Waals surface area (Å²) in [5.74, 6) is 2.17. The molecule has 272 valence electrons. The highest BCUT2D eigenvalue weighted by molar-refractivity contribution is 6.00. The highest BCUT2D eigenvalue weighted by Gasteiger charge is 2.39. The van der Waals surface area contributed by atoms with Gasteiger partial charge in [0.15, 0.2) is 11.9 Å². The van der Waals surface area contributed by atoms with Crippen LogP contribution in [0.25, 0.3) is 5.70 Å². The van der Waals surface area contributed by atoms with Crippen molar-refractivity contribution in [1.29, 1.82) is 0 Å². The number of aromatic amines is 1. The second-order valence-corrected chi connectivity index (χ2v) is 13.5. The predicted molar refractivity (Wildman–Crippen MR) is 199 cm³/mol. The molecule has 1 aromatic heterocycles. The van der Waals surface area contributed by atoms with Crippen molar-refractivity contribution in [1.82, 2.24) is 15.1 Å². The van der Waals surface area contributed by atoms with Gasteiger partial charge in [0.25, 0.3) is 0 Å². The lowest BCUT2D eigenvalue weighted by atomic mass is 9.86. The standard InChI is InChI=1S/C39H53F3N6O2/c1-9-11-14-30-15-12-13-16-32(30)43-27(7)36-28(8)46-47-38(36)45-37(25(5)10-2)44-33-21-26(6)31(22-34(33)50-24(3)4)29-17-19-48(20-18-29)23-35(49)39(40,41)42/h9,11-13,15-16,21-22,24-25,29,35,43,49H,7,10,14,17-20,23H2,1-6,8H3,(H2,44,45,46,47)/b11-9+. The largest absolute Gasteiger partial charge is 0.489 e. The second-order valence-electron chi connectivity index (χ2n) is 13.5. The number of ether oxygens (including phenoxy) is 1. The summed E-state index contributed by atoms with van der Waals surface area (Å²) in [6, 6.07) is 12.3. The maximum atomic E-state index is 12.9. The molecule has 1 saturated heterocycles. The molecular formula is C39H53F3N6O2. The molecule has 4 rings (SSSR count). The number of hydrogen-bond acceptors (Lipinski definition) is 6. The zero-order valence-electron chi connectivity index (χ0n) is 30.4. The predicted octanol–water partition coefficient (Wildman–Crippen LogP) is 9.31. The second kappa shape index (κ2) is 17.2. The number of hydrogen-bond donors (Lipinski definition) is 4. The molecule has 2 unspecified atom stereocenters. The van der Waals surface area contributed by atoms with E-state index in [9.17, 15) is 18.3 Å². The molecule has 0 saturated carbocycles. The van der Waals surface area contributed by atoms with Crippen molar-refractivity contribution in [2.45, 2.75) is 98.5 Å². The molecule has 11 heteroatoms. The van der Waals surface area contributed by atoms with Crippen molar-refractivity contribution in [3.05, 3.63) is 83.1 Å². The van der Waals surface area contributed by atoms with E-state index >= 15 is 0 Å². The molecule has 0 radical (unpaired) electrons. The minimum atomic E-state index is -4.61. The monoisotopic (exact) mass is 694 g/mol. The Morgan fingerprint density at radius 3 is 2.48 bits per heavy atom. The third-order valence-corrected chi connectivity index (χ3v) is 9.24. The van der Waals surface area contributed by atoms with Gasteiger partial charge < -0.3 is 25.4 Å². The fourth-order valence-corrected chi connectivity index (χ4v) is 6.22. The summed E-state index contributed by atoms with van der Waals surface area (Å²) in [6.07, 6.45) is 0.139. The Bertz CT molecular complexity index is 1650. The number of aliphatic imine (C=N–C) groups is 1. The Morgan fingerprint density at radius 1 is 1.14 bits per heavy atom. The van der Waals surface area contributed by atoms with Gasteiger partial charge in [0.05, 0.1) is 17.4 Å². The zero-order valence-corrected chi connectivity index (χ0v) is 30.4. The Kier molecular flexibility index (Phi) is 13.3. The van der Waals surface area contributed by atoms with Crippen LogP contribution in [-0.2, 0) is 6.42 Å². The highest BCUT2D eigenvalue weighted by Crippen LogP contribution is 2.38. The molecule has 1 fully saturated rings. The number of halogens is 3. The van der Waals surface area contributed by atoms with Crippen LogP contribution < -0.4 is 15.4 Å². The van der Waals surface area contributed by atoms with Crippen molar-refractivity contribution in [3.63, 3.8) is 0 Å². The number of para-hydroxylation sites is 1. The molecule has 8 nitrogen and oxygen atoms in total. The highest BCUT2D eigenvalue weighted by atomic mass is 19.4. The molecule has 4 N–H and O–H groups in total. The number of alkyl halides is 3. The fraction of sp³-hybridized carbons (Fsp3) is 0.487. The number of likely N-dealkylation sites (tertiary alicyclic amines) is 1. The first kappa shape index (κ1) is 38.7. The fourth-order valence-electron chi connectivity index (χ4n) is 6.22. The lowest BCUT2D eigenvalue weighted by Crippen LogP contribution is -2.44. The van der Waals surface area contributed by atoms with E-state index in [0.717, 1.165) is 58.0 Å². The van der Waals surface area contributed by atoms with E-state index in [1.54, 1.807) is 4.90 Å². The van der Waals surface area contributed by atoms with Gasteiger partial charge in [0, 0.05) is 29.5 Å². The summed E-state index contributed by atoms with van der Waals surface area (Å²) < 4.78 is 45.1. The molecule has 0 spiro atoms. The third kappa shape index (κ3) is 10.0. The molecule has 2 heterocycles. The van der Waals surface area contributed by atoms with Crippen LogP contribution in [0.3, 0.4) is 0 Å². The Morgan fingerprint density at radius 2 is 1.84 bits per heavy atom. The van der Waals surface area contributed by atoms with Crippen molar-refractivity contribution in [2.24, 2.45) is 10.9 Å². The quantitative estimate of drug-likeness (QED) is 0.0763. The van der Waals surface area contributed by atoms with Crippen molar-refractivity contribution >= 4 is 28.7 Å². The molecule has 2 aromatic carbocycles. The van der Waals surface area contributed by atoms with Gasteiger partial charge in [-0.25, -0.2) is 4.99 Å². The van der Waals surface area contributed by atoms with E-state index in [4.69, 9.17) is 9.73 Å². The minimum Gasteiger partial charge on any atom is -0.489 e.